The van der Waals surface area contributed by atoms with E-state index in [0.29, 0.717) is 18.9 Å². The van der Waals surface area contributed by atoms with E-state index in [1.54, 1.807) is 20.8 Å². The minimum atomic E-state index is -4.77. The molecule has 41 heavy (non-hydrogen) atoms. The first-order valence-electron chi connectivity index (χ1n) is 13.7. The van der Waals surface area contributed by atoms with E-state index in [-0.39, 0.29) is 38.2 Å². The van der Waals surface area contributed by atoms with Crippen LogP contribution in [0.4, 0.5) is 17.6 Å². The number of hydrogen-bond donors (Lipinski definition) is 1. The molecule has 1 aliphatic rings. The fourth-order valence-corrected chi connectivity index (χ4v) is 5.97. The molecule has 0 aliphatic carbocycles. The molecule has 3 rings (SSSR count). The predicted molar refractivity (Wildman–Crippen MR) is 148 cm³/mol. The third kappa shape index (κ3) is 8.01. The van der Waals surface area contributed by atoms with E-state index in [2.05, 4.69) is 4.72 Å². The zero-order valence-corrected chi connectivity index (χ0v) is 24.9. The molecule has 0 spiro atoms. The number of carbonyl (C=O) groups excluding carboxylic acids is 1. The normalized spacial score (nSPS) is 17.3. The van der Waals surface area contributed by atoms with Crippen LogP contribution in [-0.4, -0.2) is 34.5 Å². The Hall–Kier alpha value is -2.18. The minimum absolute atomic E-state index is 0.0273. The van der Waals surface area contributed by atoms with Gasteiger partial charge in [0, 0.05) is 23.3 Å². The van der Waals surface area contributed by atoms with Crippen LogP contribution in [0.15, 0.2) is 48.5 Å². The largest absolute Gasteiger partial charge is 0.598 e. The van der Waals surface area contributed by atoms with E-state index in [1.807, 2.05) is 44.2 Å². The number of esters is 1. The number of alkyl halides is 3. The highest BCUT2D eigenvalue weighted by Gasteiger charge is 2.50. The maximum Gasteiger partial charge on any atom is 0.416 e. The third-order valence-electron chi connectivity index (χ3n) is 7.53. The lowest BCUT2D eigenvalue weighted by atomic mass is 9.73. The van der Waals surface area contributed by atoms with E-state index < -0.39 is 56.9 Å². The lowest BCUT2D eigenvalue weighted by molar-refractivity contribution is -0.177. The van der Waals surface area contributed by atoms with E-state index >= 15 is 0 Å². The topological polar surface area (TPSA) is 79.9 Å². The summed E-state index contributed by atoms with van der Waals surface area (Å²) in [6.45, 7) is 9.27. The van der Waals surface area contributed by atoms with Crippen LogP contribution in [0.3, 0.4) is 0 Å². The first-order chi connectivity index (χ1) is 19.2. The van der Waals surface area contributed by atoms with Crippen molar-refractivity contribution in [3.05, 3.63) is 71.0 Å². The smallest absolute Gasteiger partial charge is 0.416 e. The van der Waals surface area contributed by atoms with Gasteiger partial charge in [-0.25, -0.2) is 4.39 Å². The Bertz CT molecular complexity index is 1150. The van der Waals surface area contributed by atoms with Crippen molar-refractivity contribution in [2.45, 2.75) is 89.7 Å². The monoisotopic (exact) mass is 601 g/mol. The summed E-state index contributed by atoms with van der Waals surface area (Å²) >= 11 is -1.60. The Morgan fingerprint density at radius 2 is 1.68 bits per heavy atom. The zero-order valence-electron chi connectivity index (χ0n) is 24.1. The second-order valence-corrected chi connectivity index (χ2v) is 13.2. The Morgan fingerprint density at radius 3 is 2.22 bits per heavy atom. The van der Waals surface area contributed by atoms with Gasteiger partial charge in [0.25, 0.3) is 0 Å². The molecule has 2 aromatic carbocycles. The van der Waals surface area contributed by atoms with Gasteiger partial charge in [-0.3, -0.25) is 4.79 Å². The molecule has 1 saturated heterocycles. The number of hydrogen-bond acceptors (Lipinski definition) is 6. The standard InChI is InChI=1S/C30H39F4NO5S/c1-6-28(7-2,26(36)38-20-21-11-9-8-10-12-21)25(35-41(37)27(3,4)5)13-14-29(39-15-16-40-29)22-17-23(30(32,33)34)19-24(31)18-22/h8-12,17-19,25,35H,6-7,13-16,20H2,1-5H3/t25-,41?/m1/s1. The lowest BCUT2D eigenvalue weighted by Crippen LogP contribution is -2.55. The van der Waals surface area contributed by atoms with Crippen molar-refractivity contribution in [3.63, 3.8) is 0 Å². The third-order valence-corrected chi connectivity index (χ3v) is 9.15. The first-order valence-corrected chi connectivity index (χ1v) is 14.9. The van der Waals surface area contributed by atoms with E-state index in [1.165, 1.54) is 0 Å². The van der Waals surface area contributed by atoms with Gasteiger partial charge in [-0.2, -0.15) is 13.2 Å². The number of ether oxygens (including phenoxy) is 3. The Balaban J connectivity index is 1.96. The molecule has 0 saturated carbocycles. The van der Waals surface area contributed by atoms with Gasteiger partial charge < -0.3 is 18.8 Å². The maximum absolute atomic E-state index is 14.4. The van der Waals surface area contributed by atoms with Crippen molar-refractivity contribution < 1.29 is 41.1 Å². The molecule has 0 amide bonds. The van der Waals surface area contributed by atoms with Gasteiger partial charge in [-0.05, 0) is 63.8 Å². The highest BCUT2D eigenvalue weighted by Crippen LogP contribution is 2.43. The first kappa shape index (κ1) is 33.3. The number of carbonyl (C=O) groups is 1. The molecule has 0 radical (unpaired) electrons. The van der Waals surface area contributed by atoms with Crippen molar-refractivity contribution in [1.29, 1.82) is 0 Å². The van der Waals surface area contributed by atoms with Crippen molar-refractivity contribution in [2.75, 3.05) is 13.2 Å². The zero-order chi connectivity index (χ0) is 30.5. The lowest BCUT2D eigenvalue weighted by Gasteiger charge is -2.40. The molecule has 1 N–H and O–H groups in total. The van der Waals surface area contributed by atoms with Gasteiger partial charge in [-0.1, -0.05) is 44.2 Å². The average molecular weight is 602 g/mol. The molecule has 11 heteroatoms. The highest BCUT2D eigenvalue weighted by atomic mass is 32.2. The molecule has 2 aromatic rings. The number of halogens is 4. The molecule has 1 heterocycles. The van der Waals surface area contributed by atoms with Crippen molar-refractivity contribution in [3.8, 4) is 0 Å². The van der Waals surface area contributed by atoms with Crippen molar-refractivity contribution >= 4 is 17.3 Å². The van der Waals surface area contributed by atoms with E-state index in [0.717, 1.165) is 17.7 Å². The van der Waals surface area contributed by atoms with Crippen LogP contribution in [0.5, 0.6) is 0 Å². The Labute approximate surface area is 242 Å². The van der Waals surface area contributed by atoms with Gasteiger partial charge in [0.2, 0.25) is 0 Å². The van der Waals surface area contributed by atoms with Crippen molar-refractivity contribution in [1.82, 2.24) is 4.72 Å². The van der Waals surface area contributed by atoms with Crippen LogP contribution in [0.2, 0.25) is 0 Å². The summed E-state index contributed by atoms with van der Waals surface area (Å²) in [5, 5.41) is 0. The predicted octanol–water partition coefficient (Wildman–Crippen LogP) is 6.79. The summed E-state index contributed by atoms with van der Waals surface area (Å²) in [5.74, 6) is -3.23. The summed E-state index contributed by atoms with van der Waals surface area (Å²) in [5.41, 5.74) is -1.59. The number of nitrogens with one attached hydrogen (secondary N) is 1. The molecule has 0 aromatic heterocycles. The van der Waals surface area contributed by atoms with Gasteiger partial charge in [0.15, 0.2) is 5.79 Å². The second-order valence-electron chi connectivity index (χ2n) is 11.2. The summed E-state index contributed by atoms with van der Waals surface area (Å²) in [7, 11) is 0. The van der Waals surface area contributed by atoms with Crippen LogP contribution in [-0.2, 0) is 48.9 Å². The van der Waals surface area contributed by atoms with Crippen LogP contribution >= 0.6 is 0 Å². The quantitative estimate of drug-likeness (QED) is 0.164. The molecule has 2 atom stereocenters. The fraction of sp³-hybridized carbons (Fsp3) is 0.567. The van der Waals surface area contributed by atoms with Gasteiger partial charge in [0.1, 0.15) is 17.2 Å². The van der Waals surface area contributed by atoms with Crippen LogP contribution < -0.4 is 4.72 Å². The molecular formula is C30H39F4NO5S. The molecule has 228 valence electrons. The van der Waals surface area contributed by atoms with Crippen LogP contribution in [0.25, 0.3) is 0 Å². The Kier molecular flexibility index (Phi) is 10.9. The Morgan fingerprint density at radius 1 is 1.07 bits per heavy atom. The van der Waals surface area contributed by atoms with Gasteiger partial charge in [0.05, 0.1) is 30.2 Å². The molecule has 1 unspecified atom stereocenters. The second kappa shape index (κ2) is 13.4. The van der Waals surface area contributed by atoms with Gasteiger partial charge in [-0.15, -0.1) is 4.72 Å². The highest BCUT2D eigenvalue weighted by molar-refractivity contribution is 7.90. The SMILES string of the molecule is CCC(CC)(C(=O)OCc1ccccc1)[C@@H](CCC1(c2cc(F)cc(C(F)(F)F)c2)OCCO1)N[S+]([O-])C(C)(C)C. The van der Waals surface area contributed by atoms with Crippen LogP contribution in [0.1, 0.15) is 77.0 Å². The van der Waals surface area contributed by atoms with E-state index in [4.69, 9.17) is 14.2 Å². The van der Waals surface area contributed by atoms with Crippen molar-refractivity contribution in [2.24, 2.45) is 5.41 Å². The summed E-state index contributed by atoms with van der Waals surface area (Å²) < 4.78 is 88.1. The number of benzene rings is 2. The average Bonchev–Trinajstić information content (AvgIpc) is 3.40. The van der Waals surface area contributed by atoms with E-state index in [9.17, 15) is 26.9 Å². The number of rotatable bonds is 12. The molecular weight excluding hydrogens is 562 g/mol. The summed E-state index contributed by atoms with van der Waals surface area (Å²) in [4.78, 5) is 13.7. The van der Waals surface area contributed by atoms with Gasteiger partial charge >= 0.3 is 12.1 Å². The molecule has 6 nitrogen and oxygen atoms in total. The van der Waals surface area contributed by atoms with Crippen LogP contribution in [0, 0.1) is 11.2 Å². The summed E-state index contributed by atoms with van der Waals surface area (Å²) in [6, 6.07) is 10.7. The molecule has 1 aliphatic heterocycles. The molecule has 0 bridgehead atoms. The summed E-state index contributed by atoms with van der Waals surface area (Å²) in [6.07, 6.45) is -4.01. The maximum atomic E-state index is 14.4. The fourth-order valence-electron chi connectivity index (χ4n) is 5.01. The molecule has 1 fully saturated rings. The minimum Gasteiger partial charge on any atom is -0.598 e.